The molecular weight excluding hydrogens is 246 g/mol. The summed E-state index contributed by atoms with van der Waals surface area (Å²) in [4.78, 5) is 19.7. The van der Waals surface area contributed by atoms with Gasteiger partial charge in [0.2, 0.25) is 11.8 Å². The number of aromatic nitrogens is 2. The summed E-state index contributed by atoms with van der Waals surface area (Å²) in [6, 6.07) is 1.60. The third kappa shape index (κ3) is 2.11. The van der Waals surface area contributed by atoms with Crippen molar-refractivity contribution in [3.05, 3.63) is 12.3 Å². The Kier molecular flexibility index (Phi) is 3.00. The first kappa shape index (κ1) is 12.2. The fourth-order valence-corrected chi connectivity index (χ4v) is 3.53. The molecule has 2 bridgehead atoms. The molecule has 0 radical (unpaired) electrons. The number of anilines is 1. The van der Waals surface area contributed by atoms with E-state index < -0.39 is 5.97 Å². The molecule has 2 N–H and O–H groups in total. The lowest BCUT2D eigenvalue weighted by Crippen LogP contribution is -2.39. The molecule has 19 heavy (non-hydrogen) atoms. The Labute approximate surface area is 111 Å². The Bertz CT molecular complexity index is 494. The maximum Gasteiger partial charge on any atom is 0.308 e. The Hall–Kier alpha value is -1.85. The van der Waals surface area contributed by atoms with E-state index in [1.807, 2.05) is 0 Å². The summed E-state index contributed by atoms with van der Waals surface area (Å²) in [6.07, 6.45) is 4.73. The number of rotatable bonds is 4. The van der Waals surface area contributed by atoms with Gasteiger partial charge in [0, 0.05) is 18.3 Å². The van der Waals surface area contributed by atoms with Gasteiger partial charge in [-0.25, -0.2) is 4.98 Å². The average Bonchev–Trinajstić information content (AvgIpc) is 2.99. The Morgan fingerprint density at radius 1 is 1.47 bits per heavy atom. The molecule has 2 fully saturated rings. The predicted molar refractivity (Wildman–Crippen MR) is 68.0 cm³/mol. The van der Waals surface area contributed by atoms with Gasteiger partial charge in [-0.15, -0.1) is 0 Å². The highest BCUT2D eigenvalue weighted by Gasteiger charge is 2.51. The molecule has 0 amide bonds. The van der Waals surface area contributed by atoms with Crippen LogP contribution in [0.2, 0.25) is 0 Å². The molecular formula is C13H17N3O3. The highest BCUT2D eigenvalue weighted by molar-refractivity contribution is 5.73. The topological polar surface area (TPSA) is 84.3 Å². The van der Waals surface area contributed by atoms with Crippen LogP contribution in [-0.2, 0) is 4.79 Å². The molecule has 102 valence electrons. The van der Waals surface area contributed by atoms with E-state index in [4.69, 9.17) is 4.74 Å². The van der Waals surface area contributed by atoms with Crippen molar-refractivity contribution in [3.63, 3.8) is 0 Å². The fourth-order valence-electron chi connectivity index (χ4n) is 3.53. The van der Waals surface area contributed by atoms with E-state index in [0.29, 0.717) is 23.7 Å². The smallest absolute Gasteiger partial charge is 0.308 e. The van der Waals surface area contributed by atoms with Gasteiger partial charge in [0.05, 0.1) is 13.0 Å². The van der Waals surface area contributed by atoms with Gasteiger partial charge in [-0.05, 0) is 31.1 Å². The van der Waals surface area contributed by atoms with Crippen molar-refractivity contribution in [2.24, 2.45) is 17.8 Å². The van der Waals surface area contributed by atoms with E-state index in [9.17, 15) is 9.90 Å². The van der Waals surface area contributed by atoms with Gasteiger partial charge < -0.3 is 15.2 Å². The summed E-state index contributed by atoms with van der Waals surface area (Å²) in [6.45, 7) is 0. The monoisotopic (exact) mass is 263 g/mol. The van der Waals surface area contributed by atoms with Gasteiger partial charge in [-0.2, -0.15) is 4.98 Å². The van der Waals surface area contributed by atoms with E-state index in [1.165, 1.54) is 0 Å². The van der Waals surface area contributed by atoms with E-state index in [-0.39, 0.29) is 12.0 Å². The quantitative estimate of drug-likeness (QED) is 0.854. The minimum Gasteiger partial charge on any atom is -0.481 e. The first-order valence-corrected chi connectivity index (χ1v) is 6.55. The van der Waals surface area contributed by atoms with E-state index >= 15 is 0 Å². The maximum atomic E-state index is 11.4. The Balaban J connectivity index is 1.79. The van der Waals surface area contributed by atoms with Crippen molar-refractivity contribution in [1.82, 2.24) is 9.97 Å². The third-order valence-corrected chi connectivity index (χ3v) is 4.34. The Morgan fingerprint density at radius 3 is 3.00 bits per heavy atom. The molecule has 0 spiro atoms. The van der Waals surface area contributed by atoms with Crippen molar-refractivity contribution in [2.45, 2.75) is 25.3 Å². The zero-order valence-electron chi connectivity index (χ0n) is 10.7. The number of nitrogens with zero attached hydrogens (tertiary/aromatic N) is 2. The zero-order valence-corrected chi connectivity index (χ0v) is 10.7. The van der Waals surface area contributed by atoms with Crippen LogP contribution in [0.15, 0.2) is 12.3 Å². The highest BCUT2D eigenvalue weighted by Crippen LogP contribution is 2.49. The van der Waals surface area contributed by atoms with Crippen molar-refractivity contribution >= 4 is 11.9 Å². The number of carbonyl (C=O) groups is 1. The molecule has 3 rings (SSSR count). The number of fused-ring (bicyclic) bond motifs is 2. The van der Waals surface area contributed by atoms with Gasteiger partial charge >= 0.3 is 5.97 Å². The van der Waals surface area contributed by atoms with Crippen molar-refractivity contribution in [1.29, 1.82) is 0 Å². The van der Waals surface area contributed by atoms with Crippen molar-refractivity contribution < 1.29 is 14.6 Å². The first-order valence-electron chi connectivity index (χ1n) is 6.55. The third-order valence-electron chi connectivity index (χ3n) is 4.34. The van der Waals surface area contributed by atoms with Crippen LogP contribution in [0.4, 0.5) is 5.95 Å². The van der Waals surface area contributed by atoms with E-state index in [1.54, 1.807) is 19.4 Å². The molecule has 6 nitrogen and oxygen atoms in total. The Morgan fingerprint density at radius 2 is 2.26 bits per heavy atom. The molecule has 0 aliphatic heterocycles. The van der Waals surface area contributed by atoms with Gasteiger partial charge in [-0.1, -0.05) is 0 Å². The van der Waals surface area contributed by atoms with Gasteiger partial charge in [0.1, 0.15) is 0 Å². The standard InChI is InChI=1S/C13H17N3O3/c1-19-9-4-5-14-13(15-9)16-11-8-3-2-7(6-8)10(11)12(17)18/h4-5,7-8,10-11H,2-3,6H2,1H3,(H,17,18)(H,14,15,16). The van der Waals surface area contributed by atoms with Crippen LogP contribution >= 0.6 is 0 Å². The number of hydrogen-bond donors (Lipinski definition) is 2. The molecule has 1 aromatic rings. The number of carboxylic acid groups (broad SMARTS) is 1. The number of hydrogen-bond acceptors (Lipinski definition) is 5. The van der Waals surface area contributed by atoms with Gasteiger partial charge in [-0.3, -0.25) is 4.79 Å². The number of methoxy groups -OCH3 is 1. The average molecular weight is 263 g/mol. The molecule has 6 heteroatoms. The van der Waals surface area contributed by atoms with Gasteiger partial charge in [0.15, 0.2) is 0 Å². The minimum atomic E-state index is -0.715. The molecule has 4 atom stereocenters. The molecule has 0 saturated heterocycles. The molecule has 2 aliphatic rings. The lowest BCUT2D eigenvalue weighted by Gasteiger charge is -2.28. The van der Waals surface area contributed by atoms with Crippen LogP contribution in [0.3, 0.4) is 0 Å². The minimum absolute atomic E-state index is 0.0663. The number of ether oxygens (including phenoxy) is 1. The lowest BCUT2D eigenvalue weighted by molar-refractivity contribution is -0.143. The number of nitrogens with one attached hydrogen (secondary N) is 1. The number of aliphatic carboxylic acids is 1. The van der Waals surface area contributed by atoms with Crippen LogP contribution < -0.4 is 10.1 Å². The SMILES string of the molecule is COc1ccnc(NC2C3CCC(C3)C2C(=O)O)n1. The predicted octanol–water partition coefficient (Wildman–Crippen LogP) is 1.40. The first-order chi connectivity index (χ1) is 9.19. The molecule has 2 saturated carbocycles. The normalized spacial score (nSPS) is 32.3. The van der Waals surface area contributed by atoms with Crippen LogP contribution in [-0.4, -0.2) is 34.2 Å². The molecule has 4 unspecified atom stereocenters. The second-order valence-electron chi connectivity index (χ2n) is 5.29. The highest BCUT2D eigenvalue weighted by atomic mass is 16.5. The summed E-state index contributed by atoms with van der Waals surface area (Å²) < 4.78 is 5.05. The molecule has 0 aromatic carbocycles. The second kappa shape index (κ2) is 4.68. The van der Waals surface area contributed by atoms with E-state index in [2.05, 4.69) is 15.3 Å². The summed E-state index contributed by atoms with van der Waals surface area (Å²) in [5.41, 5.74) is 0. The van der Waals surface area contributed by atoms with Crippen LogP contribution in [0.5, 0.6) is 5.88 Å². The largest absolute Gasteiger partial charge is 0.481 e. The summed E-state index contributed by atoms with van der Waals surface area (Å²) in [5, 5.41) is 12.6. The van der Waals surface area contributed by atoms with Crippen molar-refractivity contribution in [3.8, 4) is 5.88 Å². The summed E-state index contributed by atoms with van der Waals surface area (Å²) in [5.74, 6) is 0.600. The molecule has 1 heterocycles. The summed E-state index contributed by atoms with van der Waals surface area (Å²) >= 11 is 0. The van der Waals surface area contributed by atoms with Crippen LogP contribution in [0.25, 0.3) is 0 Å². The fraction of sp³-hybridized carbons (Fsp3) is 0.615. The molecule has 2 aliphatic carbocycles. The lowest BCUT2D eigenvalue weighted by atomic mass is 9.84. The van der Waals surface area contributed by atoms with E-state index in [0.717, 1.165) is 19.3 Å². The van der Waals surface area contributed by atoms with Crippen LogP contribution in [0.1, 0.15) is 19.3 Å². The maximum absolute atomic E-state index is 11.4. The van der Waals surface area contributed by atoms with Gasteiger partial charge in [0.25, 0.3) is 0 Å². The second-order valence-corrected chi connectivity index (χ2v) is 5.29. The number of carboxylic acids is 1. The molecule has 1 aromatic heterocycles. The zero-order chi connectivity index (χ0) is 13.4. The van der Waals surface area contributed by atoms with Crippen molar-refractivity contribution in [2.75, 3.05) is 12.4 Å². The summed E-state index contributed by atoms with van der Waals surface area (Å²) in [7, 11) is 1.55. The van der Waals surface area contributed by atoms with Crippen LogP contribution in [0, 0.1) is 17.8 Å².